The number of amides is 1. The van der Waals surface area contributed by atoms with Crippen molar-refractivity contribution in [1.82, 2.24) is 24.8 Å². The molecule has 2 saturated heterocycles. The topological polar surface area (TPSA) is 277 Å². The molecule has 408 valence electrons. The monoisotopic (exact) mass is 1060 g/mol. The number of sulfone groups is 1. The number of nitrogens with zero attached hydrogens (tertiary/aromatic N) is 7. The molecule has 75 heavy (non-hydrogen) atoms. The van der Waals surface area contributed by atoms with Gasteiger partial charge in [-0.2, -0.15) is 0 Å². The molecule has 3 aromatic rings. The highest BCUT2D eigenvalue weighted by Crippen LogP contribution is 2.51. The minimum absolute atomic E-state index is 0.0200. The fraction of sp³-hybridized carbons (Fsp3) is 0.604. The van der Waals surface area contributed by atoms with Gasteiger partial charge in [-0.15, -0.1) is 5.10 Å². The van der Waals surface area contributed by atoms with Crippen LogP contribution in [0.1, 0.15) is 89.8 Å². The number of aromatic hydroxyl groups is 2. The Morgan fingerprint density at radius 3 is 2.29 bits per heavy atom. The maximum atomic E-state index is 15.0. The van der Waals surface area contributed by atoms with Gasteiger partial charge >= 0.3 is 11.8 Å². The van der Waals surface area contributed by atoms with E-state index in [9.17, 15) is 43.2 Å². The first-order valence-corrected chi connectivity index (χ1v) is 27.6. The number of piperidine rings is 1. The fourth-order valence-electron chi connectivity index (χ4n) is 11.0. The third kappa shape index (κ3) is 11.2. The lowest BCUT2D eigenvalue weighted by Crippen LogP contribution is -2.47. The molecule has 9 rings (SSSR count). The van der Waals surface area contributed by atoms with Crippen LogP contribution in [-0.2, 0) is 46.7 Å². The van der Waals surface area contributed by atoms with Gasteiger partial charge in [0.05, 0.1) is 64.6 Å². The third-order valence-electron chi connectivity index (χ3n) is 15.6. The number of esters is 1. The van der Waals surface area contributed by atoms with Gasteiger partial charge in [0.2, 0.25) is 0 Å². The van der Waals surface area contributed by atoms with Crippen LogP contribution in [0.4, 0.5) is 5.69 Å². The average Bonchev–Trinajstić information content (AvgIpc) is 4.05. The molecule has 6 aliphatic heterocycles. The number of aliphatic hydroxyl groups is 2. The van der Waals surface area contributed by atoms with Gasteiger partial charge in [-0.05, 0) is 25.8 Å². The van der Waals surface area contributed by atoms with Crippen molar-refractivity contribution < 1.29 is 62.2 Å². The number of allylic oxidation sites excluding steroid dienone is 2. The lowest BCUT2D eigenvalue weighted by atomic mass is 9.78. The van der Waals surface area contributed by atoms with Crippen molar-refractivity contribution in [2.24, 2.45) is 39.6 Å². The molecule has 0 aliphatic carbocycles. The number of aromatic nitrogens is 3. The number of fused-ring (bicyclic) bond motifs is 13. The molecular formula is C53H72N8O13S. The van der Waals surface area contributed by atoms with Crippen LogP contribution in [0.3, 0.4) is 0 Å². The highest BCUT2D eigenvalue weighted by Gasteiger charge is 2.51. The summed E-state index contributed by atoms with van der Waals surface area (Å²) in [4.78, 5) is 56.7. The molecule has 1 spiro atoms. The Labute approximate surface area is 436 Å². The van der Waals surface area contributed by atoms with E-state index in [4.69, 9.17) is 23.9 Å². The number of carbonyl (C=O) groups is 3. The Kier molecular flexibility index (Phi) is 16.0. The number of hydrogen-bond acceptors (Lipinski definition) is 19. The molecule has 0 unspecified atom stereocenters. The molecule has 2 fully saturated rings. The number of phenols is 2. The number of Topliss-reactive ketones (excluding diaryl/α,β-unsaturated/α-hetero) is 1. The van der Waals surface area contributed by atoms with E-state index < -0.39 is 98.5 Å². The number of ether oxygens (including phenoxy) is 4. The number of carbonyl (C=O) groups excluding carboxylic acids is 3. The molecule has 2 aromatic carbocycles. The molecular weight excluding hydrogens is 989 g/mol. The van der Waals surface area contributed by atoms with Gasteiger partial charge in [0, 0.05) is 106 Å². The summed E-state index contributed by atoms with van der Waals surface area (Å²) in [5.74, 6) is -7.33. The van der Waals surface area contributed by atoms with Crippen molar-refractivity contribution in [2.75, 3.05) is 56.7 Å². The van der Waals surface area contributed by atoms with Crippen molar-refractivity contribution in [1.29, 1.82) is 0 Å². The van der Waals surface area contributed by atoms with Crippen LogP contribution in [0.5, 0.6) is 17.2 Å². The summed E-state index contributed by atoms with van der Waals surface area (Å²) >= 11 is 0. The van der Waals surface area contributed by atoms with Crippen LogP contribution in [0.2, 0.25) is 0 Å². The number of aliphatic hydroxyl groups excluding tert-OH is 2. The summed E-state index contributed by atoms with van der Waals surface area (Å²) in [5, 5.41) is 59.7. The van der Waals surface area contributed by atoms with Gasteiger partial charge in [0.15, 0.2) is 15.6 Å². The maximum Gasteiger partial charge on any atom is 0.328 e. The molecule has 5 bridgehead atoms. The van der Waals surface area contributed by atoms with E-state index in [1.807, 2.05) is 4.90 Å². The molecule has 21 nitrogen and oxygen atoms in total. The second kappa shape index (κ2) is 21.7. The number of anilines is 1. The van der Waals surface area contributed by atoms with Crippen molar-refractivity contribution in [3.05, 3.63) is 69.9 Å². The zero-order chi connectivity index (χ0) is 54.5. The second-order valence-corrected chi connectivity index (χ2v) is 24.0. The van der Waals surface area contributed by atoms with Crippen LogP contribution in [-0.4, -0.2) is 159 Å². The zero-order valence-corrected chi connectivity index (χ0v) is 45.3. The van der Waals surface area contributed by atoms with Gasteiger partial charge < -0.3 is 49.6 Å². The smallest absolute Gasteiger partial charge is 0.328 e. The normalized spacial score (nSPS) is 31.0. The number of rotatable bonds is 8. The van der Waals surface area contributed by atoms with E-state index in [1.54, 1.807) is 59.9 Å². The minimum Gasteiger partial charge on any atom is -0.507 e. The third-order valence-corrected chi connectivity index (χ3v) is 17.2. The predicted molar refractivity (Wildman–Crippen MR) is 276 cm³/mol. The molecule has 1 aromatic heterocycles. The molecule has 7 heterocycles. The van der Waals surface area contributed by atoms with Gasteiger partial charge in [0.1, 0.15) is 40.5 Å². The SMILES string of the molecule is CO[C@H]1/C=C/O[C@@]2(C)Oc3c(C)c(O)c4c(O)c(c5c(c4c3C2=O)NC2(CCN(CC(C)C)CC2)N=5)=NC(=O)/C(C)=C\C=C\[C@H](C)[C@H](O)[C@@H](C)[C@@H](O)[C@@H](C)[C@H](OC(=O)Cn2cc(CN3CCS(=O)(=O)CC3)nn2)[C@@H]1C. The van der Waals surface area contributed by atoms with E-state index >= 15 is 0 Å². The molecule has 9 atom stereocenters. The second-order valence-electron chi connectivity index (χ2n) is 21.7. The van der Waals surface area contributed by atoms with Gasteiger partial charge in [-0.3, -0.25) is 24.3 Å². The van der Waals surface area contributed by atoms with Gasteiger partial charge in [-0.25, -0.2) is 18.1 Å². The summed E-state index contributed by atoms with van der Waals surface area (Å²) < 4.78 is 49.9. The number of phenolic OH excluding ortho intramolecular Hbond substituents is 2. The van der Waals surface area contributed by atoms with E-state index in [1.165, 1.54) is 37.1 Å². The Hall–Kier alpha value is -5.78. The fourth-order valence-corrected chi connectivity index (χ4v) is 12.3. The predicted octanol–water partition coefficient (Wildman–Crippen LogP) is 3.25. The number of nitrogens with one attached hydrogen (secondary N) is 1. The Bertz CT molecular complexity index is 3040. The number of benzene rings is 2. The zero-order valence-electron chi connectivity index (χ0n) is 44.4. The number of likely N-dealkylation sites (tertiary alicyclic amines) is 1. The highest BCUT2D eigenvalue weighted by atomic mass is 32.2. The summed E-state index contributed by atoms with van der Waals surface area (Å²) in [5.41, 5.74) is 0.266. The highest BCUT2D eigenvalue weighted by molar-refractivity contribution is 7.91. The Morgan fingerprint density at radius 1 is 0.933 bits per heavy atom. The first-order valence-electron chi connectivity index (χ1n) is 25.8. The molecule has 6 aliphatic rings. The molecule has 1 amide bonds. The Balaban J connectivity index is 1.16. The van der Waals surface area contributed by atoms with Crippen LogP contribution in [0.25, 0.3) is 10.8 Å². The van der Waals surface area contributed by atoms with Crippen LogP contribution in [0, 0.1) is 36.5 Å². The standard InChI is InChI=1S/C53H72N8O13S/c1-28(2)24-59-17-15-53(16-18-59)55-41-38-39-46(65)34(8)49-40(38)50(67)52(9,74-49)72-21-14-36(71-10)31(5)48(73-37(62)27-61-26-35(57-58-61)25-60-19-22-75(69,70)23-20-60)33(7)45(64)32(6)44(63)29(3)12-11-13-30(4)51(68)54-43(47(39)66)42(41)56-53/h11-14,21,26,28-29,31-33,36,44-45,48,55,63-66H,15-20,22-25,27H2,1-10H3/b12-11+,21-14+,30-13-,54-43?/t29-,31+,32+,33+,36-,44-,45+,48+,52-/m0/s1. The van der Waals surface area contributed by atoms with E-state index in [0.717, 1.165) is 6.54 Å². The van der Waals surface area contributed by atoms with Crippen LogP contribution >= 0.6 is 0 Å². The summed E-state index contributed by atoms with van der Waals surface area (Å²) in [7, 11) is -1.64. The quantitative estimate of drug-likeness (QED) is 0.160. The van der Waals surface area contributed by atoms with Crippen LogP contribution < -0.4 is 20.8 Å². The maximum absolute atomic E-state index is 15.0. The van der Waals surface area contributed by atoms with E-state index in [0.29, 0.717) is 62.9 Å². The van der Waals surface area contributed by atoms with Crippen molar-refractivity contribution in [3.63, 3.8) is 0 Å². The molecule has 0 saturated carbocycles. The van der Waals surface area contributed by atoms with Crippen molar-refractivity contribution >= 4 is 44.0 Å². The average molecular weight is 1060 g/mol. The summed E-state index contributed by atoms with van der Waals surface area (Å²) in [6, 6.07) is 0. The summed E-state index contributed by atoms with van der Waals surface area (Å²) in [6.07, 6.45) is 5.99. The molecule has 5 N–H and O–H groups in total. The molecule has 22 heteroatoms. The van der Waals surface area contributed by atoms with Gasteiger partial charge in [-0.1, -0.05) is 65.0 Å². The molecule has 0 radical (unpaired) electrons. The first-order chi connectivity index (χ1) is 35.4. The largest absolute Gasteiger partial charge is 0.507 e. The minimum atomic E-state index is -3.08. The van der Waals surface area contributed by atoms with Crippen LogP contribution in [0.15, 0.2) is 52.3 Å². The number of methoxy groups -OCH3 is 1. The summed E-state index contributed by atoms with van der Waals surface area (Å²) in [6.45, 7) is 18.7. The lowest BCUT2D eigenvalue weighted by Gasteiger charge is -2.38. The Morgan fingerprint density at radius 2 is 1.63 bits per heavy atom. The number of ketones is 1. The number of hydrogen-bond donors (Lipinski definition) is 5. The van der Waals surface area contributed by atoms with Gasteiger partial charge in [0.25, 0.3) is 11.7 Å². The van der Waals surface area contributed by atoms with E-state index in [2.05, 4.69) is 39.4 Å². The lowest BCUT2D eigenvalue weighted by molar-refractivity contribution is -0.164. The van der Waals surface area contributed by atoms with Crippen molar-refractivity contribution in [2.45, 2.75) is 124 Å². The first kappa shape index (κ1) is 55.5. The van der Waals surface area contributed by atoms with E-state index in [-0.39, 0.29) is 62.0 Å². The van der Waals surface area contributed by atoms with Crippen molar-refractivity contribution in [3.8, 4) is 17.2 Å².